The molecule has 0 saturated carbocycles. The number of benzene rings is 1. The summed E-state index contributed by atoms with van der Waals surface area (Å²) in [6, 6.07) is 16.0. The number of fused-ring (bicyclic) bond motifs is 3. The Morgan fingerprint density at radius 3 is 2.62 bits per heavy atom. The number of nitrogens with zero attached hydrogens (tertiary/aromatic N) is 5. The third-order valence-electron chi connectivity index (χ3n) is 5.19. The predicted octanol–water partition coefficient (Wildman–Crippen LogP) is 2.49. The van der Waals surface area contributed by atoms with Crippen molar-refractivity contribution in [1.29, 1.82) is 0 Å². The number of hydrogen-bond donors (Lipinski definition) is 0. The summed E-state index contributed by atoms with van der Waals surface area (Å²) in [4.78, 5) is 18.4. The molecule has 2 aliphatic heterocycles. The molecule has 3 aromatic rings. The molecule has 5 rings (SSSR count). The minimum Gasteiger partial charge on any atom is -0.351 e. The smallest absolute Gasteiger partial charge is 0.180 e. The van der Waals surface area contributed by atoms with Gasteiger partial charge in [-0.25, -0.2) is 9.97 Å². The van der Waals surface area contributed by atoms with Crippen molar-refractivity contribution in [1.82, 2.24) is 19.9 Å². The number of likely N-dealkylation sites (tertiary alicyclic amines) is 1. The Labute approximate surface area is 141 Å². The molecule has 0 unspecified atom stereocenters. The molecule has 0 radical (unpaired) electrons. The summed E-state index contributed by atoms with van der Waals surface area (Å²) in [5, 5.41) is 0. The van der Waals surface area contributed by atoms with Crippen LogP contribution in [0.25, 0.3) is 11.2 Å². The second kappa shape index (κ2) is 5.53. The van der Waals surface area contributed by atoms with E-state index in [4.69, 9.17) is 4.98 Å². The van der Waals surface area contributed by atoms with Gasteiger partial charge in [-0.05, 0) is 24.1 Å². The molecule has 2 bridgehead atoms. The van der Waals surface area contributed by atoms with Crippen LogP contribution in [0, 0.1) is 0 Å². The monoisotopic (exact) mass is 317 g/mol. The molecule has 24 heavy (non-hydrogen) atoms. The van der Waals surface area contributed by atoms with Gasteiger partial charge in [0.15, 0.2) is 5.65 Å². The quantitative estimate of drug-likeness (QED) is 0.742. The van der Waals surface area contributed by atoms with E-state index in [0.29, 0.717) is 12.1 Å². The van der Waals surface area contributed by atoms with Gasteiger partial charge in [-0.15, -0.1) is 0 Å². The molecule has 0 amide bonds. The molecule has 4 heterocycles. The van der Waals surface area contributed by atoms with Crippen LogP contribution in [0.15, 0.2) is 54.9 Å². The summed E-state index contributed by atoms with van der Waals surface area (Å²) < 4.78 is 0. The Kier molecular flexibility index (Phi) is 3.19. The second-order valence-electron chi connectivity index (χ2n) is 6.68. The third kappa shape index (κ3) is 2.32. The molecule has 2 atom stereocenters. The Balaban J connectivity index is 1.34. The summed E-state index contributed by atoms with van der Waals surface area (Å²) >= 11 is 0. The van der Waals surface area contributed by atoms with Gasteiger partial charge in [0.25, 0.3) is 0 Å². The number of aromatic nitrogens is 3. The van der Waals surface area contributed by atoms with Gasteiger partial charge in [0, 0.05) is 44.1 Å². The van der Waals surface area contributed by atoms with Gasteiger partial charge in [-0.1, -0.05) is 30.3 Å². The largest absolute Gasteiger partial charge is 0.351 e. The van der Waals surface area contributed by atoms with Crippen LogP contribution in [0.2, 0.25) is 0 Å². The molecule has 0 N–H and O–H groups in total. The molecule has 120 valence electrons. The Hall–Kier alpha value is -2.53. The Morgan fingerprint density at radius 2 is 1.79 bits per heavy atom. The zero-order valence-electron chi connectivity index (χ0n) is 13.4. The van der Waals surface area contributed by atoms with Crippen molar-refractivity contribution in [2.75, 3.05) is 18.0 Å². The minimum absolute atomic E-state index is 0.556. The van der Waals surface area contributed by atoms with Crippen LogP contribution in [0.4, 0.5) is 5.82 Å². The summed E-state index contributed by atoms with van der Waals surface area (Å²) in [5.74, 6) is 1.04. The SMILES string of the molecule is c1ccc(CN2C[C@@H]3C[C@H]2CN3c2ccc3nccnc3n2)cc1. The van der Waals surface area contributed by atoms with E-state index in [-0.39, 0.29) is 0 Å². The molecule has 5 heteroatoms. The van der Waals surface area contributed by atoms with E-state index in [1.807, 2.05) is 6.07 Å². The first kappa shape index (κ1) is 13.9. The van der Waals surface area contributed by atoms with Crippen LogP contribution in [-0.4, -0.2) is 45.0 Å². The van der Waals surface area contributed by atoms with Crippen LogP contribution >= 0.6 is 0 Å². The lowest BCUT2D eigenvalue weighted by atomic mass is 10.2. The fourth-order valence-electron chi connectivity index (χ4n) is 4.05. The lowest BCUT2D eigenvalue weighted by Crippen LogP contribution is -2.46. The highest BCUT2D eigenvalue weighted by Crippen LogP contribution is 2.34. The summed E-state index contributed by atoms with van der Waals surface area (Å²) in [5.41, 5.74) is 2.99. The first-order valence-electron chi connectivity index (χ1n) is 8.49. The van der Waals surface area contributed by atoms with E-state index in [1.54, 1.807) is 12.4 Å². The summed E-state index contributed by atoms with van der Waals surface area (Å²) in [7, 11) is 0. The molecule has 2 saturated heterocycles. The van der Waals surface area contributed by atoms with E-state index in [9.17, 15) is 0 Å². The zero-order valence-corrected chi connectivity index (χ0v) is 13.4. The lowest BCUT2D eigenvalue weighted by Gasteiger charge is -2.35. The zero-order chi connectivity index (χ0) is 15.9. The lowest BCUT2D eigenvalue weighted by molar-refractivity contribution is 0.230. The van der Waals surface area contributed by atoms with Crippen molar-refractivity contribution in [2.24, 2.45) is 0 Å². The average Bonchev–Trinajstić information content (AvgIpc) is 3.22. The van der Waals surface area contributed by atoms with Gasteiger partial charge in [0.05, 0.1) is 0 Å². The molecule has 2 aromatic heterocycles. The van der Waals surface area contributed by atoms with Crippen molar-refractivity contribution in [3.8, 4) is 0 Å². The number of rotatable bonds is 3. The van der Waals surface area contributed by atoms with E-state index >= 15 is 0 Å². The number of hydrogen-bond acceptors (Lipinski definition) is 5. The highest BCUT2D eigenvalue weighted by Gasteiger charge is 2.43. The van der Waals surface area contributed by atoms with E-state index in [2.05, 4.69) is 56.2 Å². The number of anilines is 1. The van der Waals surface area contributed by atoms with Gasteiger partial charge in [-0.2, -0.15) is 0 Å². The average molecular weight is 317 g/mol. The first-order valence-corrected chi connectivity index (χ1v) is 8.49. The summed E-state index contributed by atoms with van der Waals surface area (Å²) in [6.07, 6.45) is 4.65. The fraction of sp³-hybridized carbons (Fsp3) is 0.316. The molecule has 1 aromatic carbocycles. The number of pyridine rings is 1. The van der Waals surface area contributed by atoms with Crippen LogP contribution < -0.4 is 4.90 Å². The van der Waals surface area contributed by atoms with Gasteiger partial charge in [0.2, 0.25) is 0 Å². The highest BCUT2D eigenvalue weighted by atomic mass is 15.4. The maximum absolute atomic E-state index is 4.72. The van der Waals surface area contributed by atoms with Gasteiger partial charge < -0.3 is 4.90 Å². The maximum Gasteiger partial charge on any atom is 0.180 e. The van der Waals surface area contributed by atoms with Crippen molar-refractivity contribution < 1.29 is 0 Å². The second-order valence-corrected chi connectivity index (χ2v) is 6.68. The van der Waals surface area contributed by atoms with Crippen LogP contribution in [0.5, 0.6) is 0 Å². The fourth-order valence-corrected chi connectivity index (χ4v) is 4.05. The van der Waals surface area contributed by atoms with Crippen LogP contribution in [-0.2, 0) is 6.54 Å². The van der Waals surface area contributed by atoms with Crippen LogP contribution in [0.3, 0.4) is 0 Å². The maximum atomic E-state index is 4.72. The van der Waals surface area contributed by atoms with E-state index in [0.717, 1.165) is 36.6 Å². The summed E-state index contributed by atoms with van der Waals surface area (Å²) in [6.45, 7) is 3.21. The molecule has 2 aliphatic rings. The molecule has 0 spiro atoms. The molecule has 2 fully saturated rings. The van der Waals surface area contributed by atoms with Gasteiger partial charge in [-0.3, -0.25) is 9.88 Å². The Bertz CT molecular complexity index is 866. The topological polar surface area (TPSA) is 45.2 Å². The minimum atomic E-state index is 0.556. The normalized spacial score (nSPS) is 23.2. The third-order valence-corrected chi connectivity index (χ3v) is 5.19. The molecular weight excluding hydrogens is 298 g/mol. The first-order chi connectivity index (χ1) is 11.9. The molecule has 5 nitrogen and oxygen atoms in total. The molecule has 0 aliphatic carbocycles. The van der Waals surface area contributed by atoms with E-state index < -0.39 is 0 Å². The highest BCUT2D eigenvalue weighted by molar-refractivity contribution is 5.71. The number of piperazine rings is 1. The standard InChI is InChI=1S/C19H19N5/c1-2-4-14(5-3-1)11-23-12-16-10-15(23)13-24(16)18-7-6-17-19(22-18)21-9-8-20-17/h1-9,15-16H,10-13H2/t15-,16-/m0/s1. The molecular formula is C19H19N5. The van der Waals surface area contributed by atoms with Gasteiger partial charge >= 0.3 is 0 Å². The predicted molar refractivity (Wildman–Crippen MR) is 93.7 cm³/mol. The van der Waals surface area contributed by atoms with Crippen molar-refractivity contribution >= 4 is 17.0 Å². The van der Waals surface area contributed by atoms with E-state index in [1.165, 1.54) is 12.0 Å². The van der Waals surface area contributed by atoms with Crippen molar-refractivity contribution in [2.45, 2.75) is 25.0 Å². The van der Waals surface area contributed by atoms with Crippen LogP contribution in [0.1, 0.15) is 12.0 Å². The van der Waals surface area contributed by atoms with Crippen molar-refractivity contribution in [3.05, 3.63) is 60.4 Å². The Morgan fingerprint density at radius 1 is 0.917 bits per heavy atom. The van der Waals surface area contributed by atoms with Gasteiger partial charge in [0.1, 0.15) is 11.3 Å². The van der Waals surface area contributed by atoms with Crippen molar-refractivity contribution in [3.63, 3.8) is 0 Å².